The zero-order valence-electron chi connectivity index (χ0n) is 9.65. The minimum atomic E-state index is -1.06. The molecule has 0 aliphatic heterocycles. The summed E-state index contributed by atoms with van der Waals surface area (Å²) < 4.78 is 0. The first-order chi connectivity index (χ1) is 8.97. The van der Waals surface area contributed by atoms with Crippen molar-refractivity contribution in [2.24, 2.45) is 0 Å². The maximum absolute atomic E-state index is 10.8. The maximum atomic E-state index is 10.8. The number of hydrogen-bond donors (Lipinski definition) is 3. The van der Waals surface area contributed by atoms with Crippen LogP contribution >= 0.6 is 23.2 Å². The third kappa shape index (κ3) is 3.10. The van der Waals surface area contributed by atoms with Crippen molar-refractivity contribution in [3.8, 4) is 0 Å². The van der Waals surface area contributed by atoms with Gasteiger partial charge in [-0.15, -0.1) is 0 Å². The number of carboxylic acids is 1. The van der Waals surface area contributed by atoms with Gasteiger partial charge >= 0.3 is 5.97 Å². The standard InChI is InChI=1S/C13H10Cl2N2O2/c14-7-1-4-12(10(15)5-7)17-8-2-3-9(13(18)19)11(16)6-8/h1-6,17H,16H2,(H,18,19). The summed E-state index contributed by atoms with van der Waals surface area (Å²) in [6, 6.07) is 9.63. The Balaban J connectivity index is 2.29. The highest BCUT2D eigenvalue weighted by atomic mass is 35.5. The van der Waals surface area contributed by atoms with Crippen LogP contribution in [-0.2, 0) is 0 Å². The lowest BCUT2D eigenvalue weighted by atomic mass is 10.1. The van der Waals surface area contributed by atoms with Crippen LogP contribution in [-0.4, -0.2) is 11.1 Å². The molecular weight excluding hydrogens is 287 g/mol. The van der Waals surface area contributed by atoms with Gasteiger partial charge in [-0.25, -0.2) is 4.79 Å². The summed E-state index contributed by atoms with van der Waals surface area (Å²) in [7, 11) is 0. The first kappa shape index (κ1) is 13.5. The van der Waals surface area contributed by atoms with Crippen LogP contribution < -0.4 is 11.1 Å². The molecule has 0 aliphatic rings. The molecule has 2 rings (SSSR count). The zero-order valence-corrected chi connectivity index (χ0v) is 11.2. The quantitative estimate of drug-likeness (QED) is 0.748. The van der Waals surface area contributed by atoms with Crippen LogP contribution in [0, 0.1) is 0 Å². The predicted octanol–water partition coefficient (Wildman–Crippen LogP) is 4.02. The van der Waals surface area contributed by atoms with E-state index in [2.05, 4.69) is 5.32 Å². The molecule has 0 heterocycles. The monoisotopic (exact) mass is 296 g/mol. The molecule has 4 nitrogen and oxygen atoms in total. The van der Waals surface area contributed by atoms with E-state index in [1.165, 1.54) is 12.1 Å². The SMILES string of the molecule is Nc1cc(Nc2ccc(Cl)cc2Cl)ccc1C(=O)O. The Morgan fingerprint density at radius 3 is 2.47 bits per heavy atom. The summed E-state index contributed by atoms with van der Waals surface area (Å²) in [5.41, 5.74) is 7.21. The Hall–Kier alpha value is -1.91. The number of anilines is 3. The minimum Gasteiger partial charge on any atom is -0.478 e. The van der Waals surface area contributed by atoms with Crippen molar-refractivity contribution in [2.45, 2.75) is 0 Å². The van der Waals surface area contributed by atoms with E-state index in [0.29, 0.717) is 21.4 Å². The van der Waals surface area contributed by atoms with Gasteiger partial charge in [-0.05, 0) is 36.4 Å². The van der Waals surface area contributed by atoms with E-state index in [1.807, 2.05) is 0 Å². The molecule has 19 heavy (non-hydrogen) atoms. The van der Waals surface area contributed by atoms with E-state index in [1.54, 1.807) is 24.3 Å². The Morgan fingerprint density at radius 2 is 1.89 bits per heavy atom. The van der Waals surface area contributed by atoms with Gasteiger partial charge in [0.15, 0.2) is 0 Å². The van der Waals surface area contributed by atoms with Crippen LogP contribution in [0.25, 0.3) is 0 Å². The molecule has 0 aliphatic carbocycles. The molecule has 0 aromatic heterocycles. The highest BCUT2D eigenvalue weighted by Gasteiger charge is 2.08. The normalized spacial score (nSPS) is 10.2. The number of aromatic carboxylic acids is 1. The third-order valence-corrected chi connectivity index (χ3v) is 3.04. The molecule has 0 fully saturated rings. The van der Waals surface area contributed by atoms with Gasteiger partial charge in [-0.2, -0.15) is 0 Å². The third-order valence-electron chi connectivity index (χ3n) is 2.49. The summed E-state index contributed by atoms with van der Waals surface area (Å²) in [6.07, 6.45) is 0. The number of benzene rings is 2. The van der Waals surface area contributed by atoms with E-state index in [-0.39, 0.29) is 11.3 Å². The van der Waals surface area contributed by atoms with E-state index < -0.39 is 5.97 Å². The molecule has 2 aromatic carbocycles. The van der Waals surface area contributed by atoms with Crippen molar-refractivity contribution in [1.29, 1.82) is 0 Å². The van der Waals surface area contributed by atoms with Gasteiger partial charge in [0, 0.05) is 16.4 Å². The number of carboxylic acid groups (broad SMARTS) is 1. The summed E-state index contributed by atoms with van der Waals surface area (Å²) in [6.45, 7) is 0. The van der Waals surface area contributed by atoms with E-state index in [9.17, 15) is 4.79 Å². The van der Waals surface area contributed by atoms with Crippen LogP contribution in [0.15, 0.2) is 36.4 Å². The lowest BCUT2D eigenvalue weighted by molar-refractivity contribution is 0.0698. The Kier molecular flexibility index (Phi) is 3.83. The Bertz CT molecular complexity index is 645. The summed E-state index contributed by atoms with van der Waals surface area (Å²) in [4.78, 5) is 10.8. The van der Waals surface area contributed by atoms with Gasteiger partial charge in [0.1, 0.15) is 0 Å². The van der Waals surface area contributed by atoms with E-state index in [4.69, 9.17) is 34.0 Å². The lowest BCUT2D eigenvalue weighted by Crippen LogP contribution is -2.03. The van der Waals surface area contributed by atoms with Gasteiger partial charge in [-0.1, -0.05) is 23.2 Å². The predicted molar refractivity (Wildman–Crippen MR) is 77.6 cm³/mol. The van der Waals surface area contributed by atoms with Gasteiger partial charge in [0.25, 0.3) is 0 Å². The van der Waals surface area contributed by atoms with Gasteiger partial charge in [-0.3, -0.25) is 0 Å². The van der Waals surface area contributed by atoms with Crippen molar-refractivity contribution in [1.82, 2.24) is 0 Å². The van der Waals surface area contributed by atoms with Crippen LogP contribution in [0.1, 0.15) is 10.4 Å². The fourth-order valence-electron chi connectivity index (χ4n) is 1.58. The van der Waals surface area contributed by atoms with Gasteiger partial charge < -0.3 is 16.2 Å². The van der Waals surface area contributed by atoms with Crippen molar-refractivity contribution in [3.63, 3.8) is 0 Å². The van der Waals surface area contributed by atoms with Gasteiger partial charge in [0.2, 0.25) is 0 Å². The maximum Gasteiger partial charge on any atom is 0.337 e. The molecular formula is C13H10Cl2N2O2. The number of hydrogen-bond acceptors (Lipinski definition) is 3. The molecule has 0 saturated heterocycles. The Morgan fingerprint density at radius 1 is 1.16 bits per heavy atom. The highest BCUT2D eigenvalue weighted by Crippen LogP contribution is 2.29. The molecule has 0 bridgehead atoms. The first-order valence-corrected chi connectivity index (χ1v) is 6.08. The molecule has 0 radical (unpaired) electrons. The van der Waals surface area contributed by atoms with E-state index in [0.717, 1.165) is 0 Å². The molecule has 4 N–H and O–H groups in total. The van der Waals surface area contributed by atoms with E-state index >= 15 is 0 Å². The molecule has 0 saturated carbocycles. The molecule has 98 valence electrons. The number of halogens is 2. The summed E-state index contributed by atoms with van der Waals surface area (Å²) in [5.74, 6) is -1.06. The van der Waals surface area contributed by atoms with Crippen LogP contribution in [0.4, 0.5) is 17.1 Å². The molecule has 0 atom stereocenters. The number of nitrogens with one attached hydrogen (secondary N) is 1. The van der Waals surface area contributed by atoms with Gasteiger partial charge in [0.05, 0.1) is 16.3 Å². The van der Waals surface area contributed by atoms with Crippen LogP contribution in [0.3, 0.4) is 0 Å². The smallest absolute Gasteiger partial charge is 0.337 e. The molecule has 0 amide bonds. The second-order valence-electron chi connectivity index (χ2n) is 3.86. The molecule has 0 spiro atoms. The van der Waals surface area contributed by atoms with Crippen molar-refractivity contribution >= 4 is 46.2 Å². The number of carbonyl (C=O) groups is 1. The first-order valence-electron chi connectivity index (χ1n) is 5.32. The average molecular weight is 297 g/mol. The Labute approximate surface area is 119 Å². The molecule has 6 heteroatoms. The number of nitrogen functional groups attached to an aromatic ring is 1. The number of nitrogens with two attached hydrogens (primary N) is 1. The topological polar surface area (TPSA) is 75.3 Å². The summed E-state index contributed by atoms with van der Waals surface area (Å²) >= 11 is 11.8. The molecule has 0 unspecified atom stereocenters. The van der Waals surface area contributed by atoms with Crippen LogP contribution in [0.5, 0.6) is 0 Å². The second kappa shape index (κ2) is 5.38. The largest absolute Gasteiger partial charge is 0.478 e. The number of rotatable bonds is 3. The second-order valence-corrected chi connectivity index (χ2v) is 4.70. The lowest BCUT2D eigenvalue weighted by Gasteiger charge is -2.10. The minimum absolute atomic E-state index is 0.0627. The fraction of sp³-hybridized carbons (Fsp3) is 0. The van der Waals surface area contributed by atoms with Crippen molar-refractivity contribution in [2.75, 3.05) is 11.1 Å². The molecule has 2 aromatic rings. The van der Waals surface area contributed by atoms with Crippen molar-refractivity contribution in [3.05, 3.63) is 52.0 Å². The average Bonchev–Trinajstić information content (AvgIpc) is 2.32. The summed E-state index contributed by atoms with van der Waals surface area (Å²) in [5, 5.41) is 12.9. The zero-order chi connectivity index (χ0) is 14.0. The van der Waals surface area contributed by atoms with Crippen LogP contribution in [0.2, 0.25) is 10.0 Å². The van der Waals surface area contributed by atoms with Crippen molar-refractivity contribution < 1.29 is 9.90 Å². The highest BCUT2D eigenvalue weighted by molar-refractivity contribution is 6.36. The fourth-order valence-corrected chi connectivity index (χ4v) is 2.04.